The summed E-state index contributed by atoms with van der Waals surface area (Å²) in [7, 11) is 0. The van der Waals surface area contributed by atoms with Gasteiger partial charge in [0.1, 0.15) is 17.1 Å². The number of benzene rings is 5. The van der Waals surface area contributed by atoms with E-state index in [0.717, 1.165) is 27.1 Å². The monoisotopic (exact) mass is 473 g/mol. The Kier molecular flexibility index (Phi) is 8.23. The van der Waals surface area contributed by atoms with Crippen molar-refractivity contribution in [1.29, 1.82) is 0 Å². The van der Waals surface area contributed by atoms with E-state index in [1.54, 1.807) is 26.0 Å². The van der Waals surface area contributed by atoms with Crippen LogP contribution in [0.4, 0.5) is 0 Å². The maximum atomic E-state index is 10.4. The Bertz CT molecular complexity index is 1420. The molecule has 0 amide bonds. The highest BCUT2D eigenvalue weighted by atomic mass is 27.0. The molecule has 0 spiro atoms. The van der Waals surface area contributed by atoms with E-state index >= 15 is 0 Å². The Labute approximate surface area is 216 Å². The lowest BCUT2D eigenvalue weighted by atomic mass is 9.92. The third-order valence-electron chi connectivity index (χ3n) is 5.35. The van der Waals surface area contributed by atoms with Crippen LogP contribution in [0.5, 0.6) is 11.5 Å². The molecule has 5 aromatic carbocycles. The lowest BCUT2D eigenvalue weighted by Crippen LogP contribution is -2.14. The van der Waals surface area contributed by atoms with Crippen LogP contribution in [-0.4, -0.2) is 38.3 Å². The van der Waals surface area contributed by atoms with Crippen LogP contribution in [0.15, 0.2) is 103 Å². The molecule has 5 rings (SSSR count). The maximum absolute atomic E-state index is 10.4. The van der Waals surface area contributed by atoms with Crippen molar-refractivity contribution in [3.8, 4) is 34.5 Å². The van der Waals surface area contributed by atoms with E-state index in [0.29, 0.717) is 11.1 Å². The molecule has 0 aliphatic rings. The second kappa shape index (κ2) is 11.1. The topological polar surface area (TPSA) is 60.7 Å². The van der Waals surface area contributed by atoms with Gasteiger partial charge in [0, 0.05) is 34.1 Å². The zero-order valence-corrected chi connectivity index (χ0v) is 20.9. The summed E-state index contributed by atoms with van der Waals surface area (Å²) in [6.07, 6.45) is 0. The van der Waals surface area contributed by atoms with Crippen LogP contribution >= 0.6 is 0 Å². The van der Waals surface area contributed by atoms with Gasteiger partial charge in [-0.1, -0.05) is 90.7 Å². The highest BCUT2D eigenvalue weighted by Gasteiger charge is 2.16. The summed E-state index contributed by atoms with van der Waals surface area (Å²) < 4.78 is 0. The maximum Gasteiger partial charge on any atom is 0.124 e. The molecule has 0 atom stereocenters. The van der Waals surface area contributed by atoms with E-state index in [9.17, 15) is 15.3 Å². The van der Waals surface area contributed by atoms with Gasteiger partial charge in [0.2, 0.25) is 0 Å². The fraction of sp³-hybridized carbons (Fsp3) is 0.0968. The summed E-state index contributed by atoms with van der Waals surface area (Å²) in [6.45, 7) is 3.34. The summed E-state index contributed by atoms with van der Waals surface area (Å²) in [5.74, 6) is 5.97. The minimum atomic E-state index is -0.907. The summed E-state index contributed by atoms with van der Waals surface area (Å²) in [5, 5.41) is 34.1. The predicted molar refractivity (Wildman–Crippen MR) is 146 cm³/mol. The first kappa shape index (κ1) is 25.9. The van der Waals surface area contributed by atoms with E-state index in [1.807, 2.05) is 91.0 Å². The molecule has 0 aromatic heterocycles. The number of rotatable bonds is 1. The second-order valence-corrected chi connectivity index (χ2v) is 8.54. The van der Waals surface area contributed by atoms with Crippen molar-refractivity contribution in [2.45, 2.75) is 19.4 Å². The molecule has 3 nitrogen and oxygen atoms in total. The van der Waals surface area contributed by atoms with E-state index in [-0.39, 0.29) is 28.9 Å². The third-order valence-corrected chi connectivity index (χ3v) is 5.35. The Hall–Kier alpha value is -3.73. The first-order chi connectivity index (χ1) is 16.3. The SMILES string of the molecule is CC(C)(O)C#Cc1ccccc1.Oc1ccc2ccccc2c1-c1c(O)ccc2ccccc12.[Al]. The molecule has 171 valence electrons. The molecule has 0 aliphatic heterocycles. The van der Waals surface area contributed by atoms with Crippen LogP contribution in [-0.2, 0) is 0 Å². The fourth-order valence-electron chi connectivity index (χ4n) is 3.79. The molecule has 3 N–H and O–H groups in total. The first-order valence-corrected chi connectivity index (χ1v) is 11.1. The summed E-state index contributed by atoms with van der Waals surface area (Å²) in [5.41, 5.74) is 1.37. The van der Waals surface area contributed by atoms with Gasteiger partial charge < -0.3 is 15.3 Å². The molecule has 0 aliphatic carbocycles. The van der Waals surface area contributed by atoms with Crippen molar-refractivity contribution in [2.75, 3.05) is 0 Å². The lowest BCUT2D eigenvalue weighted by Gasteiger charge is -2.14. The molecule has 3 radical (unpaired) electrons. The first-order valence-electron chi connectivity index (χ1n) is 11.1. The van der Waals surface area contributed by atoms with Crippen LogP contribution in [0.1, 0.15) is 19.4 Å². The third kappa shape index (κ3) is 6.24. The van der Waals surface area contributed by atoms with Crippen LogP contribution < -0.4 is 0 Å². The van der Waals surface area contributed by atoms with Crippen molar-refractivity contribution in [2.24, 2.45) is 0 Å². The quantitative estimate of drug-likeness (QED) is 0.192. The fourth-order valence-corrected chi connectivity index (χ4v) is 3.79. The molecule has 0 fully saturated rings. The van der Waals surface area contributed by atoms with Gasteiger partial charge >= 0.3 is 0 Å². The van der Waals surface area contributed by atoms with Crippen LogP contribution in [0.25, 0.3) is 32.7 Å². The lowest BCUT2D eigenvalue weighted by molar-refractivity contribution is 0.143. The molecule has 0 heterocycles. The summed E-state index contributed by atoms with van der Waals surface area (Å²) >= 11 is 0. The highest BCUT2D eigenvalue weighted by molar-refractivity contribution is 6.09. The zero-order valence-electron chi connectivity index (χ0n) is 19.7. The number of hydrogen-bond donors (Lipinski definition) is 3. The standard InChI is InChI=1S/C20H14O2.C11H12O.Al/c21-17-11-9-13-5-1-3-7-15(13)19(17)20-16-8-4-2-6-14(16)10-12-18(20)22;1-11(2,12)9-8-10-6-4-3-5-7-10;/h1-12,21-22H;3-7,12H,1-2H3;. The summed E-state index contributed by atoms with van der Waals surface area (Å²) in [4.78, 5) is 0. The predicted octanol–water partition coefficient (Wildman–Crippen LogP) is 6.50. The van der Waals surface area contributed by atoms with Crippen LogP contribution in [0.2, 0.25) is 0 Å². The molecule has 0 saturated carbocycles. The highest BCUT2D eigenvalue weighted by Crippen LogP contribution is 2.44. The Morgan fingerprint density at radius 3 is 1.46 bits per heavy atom. The van der Waals surface area contributed by atoms with E-state index < -0.39 is 5.60 Å². The van der Waals surface area contributed by atoms with Gasteiger partial charge in [-0.05, 0) is 59.7 Å². The second-order valence-electron chi connectivity index (χ2n) is 8.54. The number of phenolic OH excluding ortho intramolecular Hbond substituents is 2. The minimum Gasteiger partial charge on any atom is -0.507 e. The van der Waals surface area contributed by atoms with E-state index in [1.165, 1.54) is 0 Å². The number of hydrogen-bond acceptors (Lipinski definition) is 3. The van der Waals surface area contributed by atoms with Gasteiger partial charge in [0.15, 0.2) is 0 Å². The molecular weight excluding hydrogens is 447 g/mol. The van der Waals surface area contributed by atoms with Crippen molar-refractivity contribution >= 4 is 38.9 Å². The van der Waals surface area contributed by atoms with Gasteiger partial charge in [0.25, 0.3) is 0 Å². The van der Waals surface area contributed by atoms with Crippen LogP contribution in [0, 0.1) is 11.8 Å². The van der Waals surface area contributed by atoms with Crippen LogP contribution in [0.3, 0.4) is 0 Å². The van der Waals surface area contributed by atoms with Gasteiger partial charge in [-0.2, -0.15) is 0 Å². The minimum absolute atomic E-state index is 0. The van der Waals surface area contributed by atoms with Crippen molar-refractivity contribution in [3.05, 3.63) is 109 Å². The zero-order chi connectivity index (χ0) is 24.1. The Morgan fingerprint density at radius 1 is 0.571 bits per heavy atom. The number of aromatic hydroxyl groups is 2. The molecule has 0 saturated heterocycles. The van der Waals surface area contributed by atoms with Crippen molar-refractivity contribution in [3.63, 3.8) is 0 Å². The van der Waals surface area contributed by atoms with Crippen molar-refractivity contribution in [1.82, 2.24) is 0 Å². The average molecular weight is 474 g/mol. The molecule has 4 heteroatoms. The van der Waals surface area contributed by atoms with Crippen molar-refractivity contribution < 1.29 is 15.3 Å². The molecule has 35 heavy (non-hydrogen) atoms. The normalized spacial score (nSPS) is 10.5. The van der Waals surface area contributed by atoms with Gasteiger partial charge in [-0.25, -0.2) is 0 Å². The smallest absolute Gasteiger partial charge is 0.124 e. The summed E-state index contributed by atoms with van der Waals surface area (Å²) in [6, 6.07) is 32.5. The number of aliphatic hydroxyl groups is 1. The van der Waals surface area contributed by atoms with Gasteiger partial charge in [-0.15, -0.1) is 0 Å². The van der Waals surface area contributed by atoms with E-state index in [2.05, 4.69) is 11.8 Å². The van der Waals surface area contributed by atoms with Gasteiger partial charge in [-0.3, -0.25) is 0 Å². The van der Waals surface area contributed by atoms with Gasteiger partial charge in [0.05, 0.1) is 0 Å². The van der Waals surface area contributed by atoms with E-state index in [4.69, 9.17) is 0 Å². The largest absolute Gasteiger partial charge is 0.507 e. The molecule has 5 aromatic rings. The molecule has 0 bridgehead atoms. The Morgan fingerprint density at radius 2 is 1.00 bits per heavy atom. The average Bonchev–Trinajstić information content (AvgIpc) is 2.84. The Balaban J connectivity index is 0.000000226. The number of fused-ring (bicyclic) bond motifs is 2. The molecular formula is C31H26AlO3. The molecule has 0 unspecified atom stereocenters. The number of phenols is 2.